The zero-order valence-corrected chi connectivity index (χ0v) is 27.3. The van der Waals surface area contributed by atoms with Gasteiger partial charge < -0.3 is 19.7 Å². The average Bonchev–Trinajstić information content (AvgIpc) is 3.08. The molecule has 0 saturated carbocycles. The minimum atomic E-state index is -3.57. The second kappa shape index (κ2) is 16.6. The highest BCUT2D eigenvalue weighted by Gasteiger charge is 2.31. The summed E-state index contributed by atoms with van der Waals surface area (Å²) in [5.41, 5.74) is 3.39. The molecule has 2 N–H and O–H groups in total. The van der Waals surface area contributed by atoms with Gasteiger partial charge in [-0.05, 0) is 59.4 Å². The molecule has 0 spiro atoms. The molecule has 4 aromatic carbocycles. The van der Waals surface area contributed by atoms with Crippen molar-refractivity contribution >= 4 is 21.8 Å². The van der Waals surface area contributed by atoms with E-state index in [1.807, 2.05) is 78.9 Å². The van der Waals surface area contributed by atoms with Crippen LogP contribution >= 0.6 is 0 Å². The molecule has 10 heteroatoms. The molecule has 2 amide bonds. The monoisotopic (exact) mass is 643 g/mol. The van der Waals surface area contributed by atoms with Crippen molar-refractivity contribution in [3.8, 4) is 11.5 Å². The lowest BCUT2D eigenvalue weighted by Crippen LogP contribution is -2.44. The van der Waals surface area contributed by atoms with Crippen LogP contribution in [0.25, 0.3) is 0 Å². The van der Waals surface area contributed by atoms with Gasteiger partial charge in [-0.3, -0.25) is 9.59 Å². The summed E-state index contributed by atoms with van der Waals surface area (Å²) in [5.74, 6) is 0.761. The predicted molar refractivity (Wildman–Crippen MR) is 178 cm³/mol. The molecule has 0 fully saturated rings. The van der Waals surface area contributed by atoms with Crippen molar-refractivity contribution in [2.45, 2.75) is 43.7 Å². The maximum absolute atomic E-state index is 14.0. The van der Waals surface area contributed by atoms with Crippen molar-refractivity contribution in [3.63, 3.8) is 0 Å². The smallest absolute Gasteiger partial charge is 0.247 e. The van der Waals surface area contributed by atoms with Crippen molar-refractivity contribution in [2.75, 3.05) is 27.3 Å². The number of benzene rings is 4. The Hall–Kier alpha value is -4.67. The van der Waals surface area contributed by atoms with Crippen LogP contribution in [0, 0.1) is 0 Å². The van der Waals surface area contributed by atoms with Crippen molar-refractivity contribution in [1.29, 1.82) is 0 Å². The van der Waals surface area contributed by atoms with Crippen LogP contribution < -0.4 is 19.5 Å². The van der Waals surface area contributed by atoms with E-state index >= 15 is 0 Å². The molecule has 0 radical (unpaired) electrons. The molecular formula is C36H41N3O6S. The summed E-state index contributed by atoms with van der Waals surface area (Å²) in [7, 11) is -0.410. The van der Waals surface area contributed by atoms with Crippen LogP contribution in [-0.2, 0) is 39.0 Å². The lowest BCUT2D eigenvalue weighted by atomic mass is 10.0. The average molecular weight is 644 g/mol. The van der Waals surface area contributed by atoms with E-state index in [1.165, 1.54) is 12.1 Å². The van der Waals surface area contributed by atoms with Gasteiger partial charge in [0.25, 0.3) is 0 Å². The van der Waals surface area contributed by atoms with E-state index in [9.17, 15) is 18.0 Å². The van der Waals surface area contributed by atoms with Crippen molar-refractivity contribution in [2.24, 2.45) is 0 Å². The number of nitrogens with one attached hydrogen (secondary N) is 2. The van der Waals surface area contributed by atoms with Gasteiger partial charge >= 0.3 is 0 Å². The number of rotatable bonds is 16. The lowest BCUT2D eigenvalue weighted by molar-refractivity contribution is -0.141. The Morgan fingerprint density at radius 2 is 1.39 bits per heavy atom. The molecule has 46 heavy (non-hydrogen) atoms. The molecule has 4 aromatic rings. The number of carbonyl (C=O) groups excluding carboxylic acids is 2. The number of nitrogens with zero attached hydrogens (tertiary/aromatic N) is 1. The first kappa shape index (κ1) is 34.2. The van der Waals surface area contributed by atoms with Gasteiger partial charge in [0.2, 0.25) is 21.8 Å². The summed E-state index contributed by atoms with van der Waals surface area (Å²) in [4.78, 5) is 29.7. The fourth-order valence-electron chi connectivity index (χ4n) is 5.18. The Morgan fingerprint density at radius 1 is 0.761 bits per heavy atom. The number of methoxy groups -OCH3 is 2. The Kier molecular flexibility index (Phi) is 12.3. The molecule has 0 heterocycles. The minimum Gasteiger partial charge on any atom is -0.493 e. The Labute approximate surface area is 271 Å². The summed E-state index contributed by atoms with van der Waals surface area (Å²) in [6.07, 6.45) is 1.07. The molecule has 9 nitrogen and oxygen atoms in total. The van der Waals surface area contributed by atoms with Gasteiger partial charge in [0.1, 0.15) is 6.04 Å². The van der Waals surface area contributed by atoms with Gasteiger partial charge in [0.05, 0.1) is 19.1 Å². The summed E-state index contributed by atoms with van der Waals surface area (Å²) in [6, 6.07) is 30.2. The van der Waals surface area contributed by atoms with Crippen molar-refractivity contribution in [1.82, 2.24) is 14.9 Å². The predicted octanol–water partition coefficient (Wildman–Crippen LogP) is 5.06. The van der Waals surface area contributed by atoms with Gasteiger partial charge in [-0.1, -0.05) is 85.8 Å². The number of aryl methyl sites for hydroxylation is 1. The molecular weight excluding hydrogens is 602 g/mol. The highest BCUT2D eigenvalue weighted by Crippen LogP contribution is 2.28. The maximum Gasteiger partial charge on any atom is 0.247 e. The van der Waals surface area contributed by atoms with Crippen LogP contribution in [-0.4, -0.2) is 52.4 Å². The Balaban J connectivity index is 1.55. The van der Waals surface area contributed by atoms with Crippen LogP contribution in [0.3, 0.4) is 0 Å². The molecule has 0 bridgehead atoms. The molecule has 242 valence electrons. The van der Waals surface area contributed by atoms with E-state index in [4.69, 9.17) is 9.47 Å². The van der Waals surface area contributed by atoms with Crippen LogP contribution in [0.5, 0.6) is 11.5 Å². The van der Waals surface area contributed by atoms with Crippen LogP contribution in [0.4, 0.5) is 0 Å². The first-order valence-corrected chi connectivity index (χ1v) is 16.7. The van der Waals surface area contributed by atoms with Gasteiger partial charge in [0.15, 0.2) is 11.5 Å². The first-order chi connectivity index (χ1) is 22.2. The molecule has 1 atom stereocenters. The molecule has 0 aliphatic heterocycles. The molecule has 0 aromatic heterocycles. The van der Waals surface area contributed by atoms with E-state index in [0.29, 0.717) is 43.0 Å². The van der Waals surface area contributed by atoms with Gasteiger partial charge in [-0.15, -0.1) is 0 Å². The molecule has 0 saturated heterocycles. The van der Waals surface area contributed by atoms with Crippen LogP contribution in [0.15, 0.2) is 108 Å². The van der Waals surface area contributed by atoms with Crippen molar-refractivity contribution in [3.05, 3.63) is 125 Å². The third-order valence-corrected chi connectivity index (χ3v) is 9.11. The summed E-state index contributed by atoms with van der Waals surface area (Å²) in [6.45, 7) is 2.61. The third kappa shape index (κ3) is 9.18. The zero-order chi connectivity index (χ0) is 32.9. The van der Waals surface area contributed by atoms with Crippen molar-refractivity contribution < 1.29 is 27.5 Å². The first-order valence-electron chi connectivity index (χ1n) is 15.2. The van der Waals surface area contributed by atoms with E-state index < -0.39 is 16.1 Å². The number of ether oxygens (including phenoxy) is 2. The number of amides is 2. The Morgan fingerprint density at radius 3 is 2.02 bits per heavy atom. The lowest BCUT2D eigenvalue weighted by Gasteiger charge is -2.32. The fourth-order valence-corrected chi connectivity index (χ4v) is 6.22. The summed E-state index contributed by atoms with van der Waals surface area (Å²) >= 11 is 0. The normalized spacial score (nSPS) is 11.8. The topological polar surface area (TPSA) is 114 Å². The Bertz CT molecular complexity index is 1680. The number of hydrogen-bond acceptors (Lipinski definition) is 6. The second-order valence-electron chi connectivity index (χ2n) is 10.7. The van der Waals surface area contributed by atoms with Gasteiger partial charge in [0, 0.05) is 26.1 Å². The molecule has 4 rings (SSSR count). The van der Waals surface area contributed by atoms with E-state index in [0.717, 1.165) is 16.7 Å². The largest absolute Gasteiger partial charge is 0.493 e. The standard InChI is InChI=1S/C36H41N3O6S/c1-4-38-46(42,43)31-19-15-27(16-20-31)18-22-34(40)39(26-29-11-7-5-8-12-29)35(30-13-9-6-10-14-30)36(41)37-24-23-28-17-21-32(44-2)33(25-28)45-3/h5-17,19-21,25,35,38H,4,18,22-24,26H2,1-3H3,(H,37,41). The number of sulfonamides is 1. The molecule has 0 aliphatic carbocycles. The zero-order valence-electron chi connectivity index (χ0n) is 26.4. The molecule has 1 unspecified atom stereocenters. The van der Waals surface area contributed by atoms with E-state index in [1.54, 1.807) is 38.2 Å². The quantitative estimate of drug-likeness (QED) is 0.176. The molecule has 0 aliphatic rings. The fraction of sp³-hybridized carbons (Fsp3) is 0.278. The second-order valence-corrected chi connectivity index (χ2v) is 12.5. The van der Waals surface area contributed by atoms with E-state index in [2.05, 4.69) is 10.0 Å². The minimum absolute atomic E-state index is 0.133. The third-order valence-electron chi connectivity index (χ3n) is 7.55. The number of hydrogen-bond donors (Lipinski definition) is 2. The summed E-state index contributed by atoms with van der Waals surface area (Å²) < 4.78 is 37.9. The van der Waals surface area contributed by atoms with E-state index in [-0.39, 0.29) is 29.7 Å². The van der Waals surface area contributed by atoms with Gasteiger partial charge in [-0.2, -0.15) is 0 Å². The highest BCUT2D eigenvalue weighted by atomic mass is 32.2. The highest BCUT2D eigenvalue weighted by molar-refractivity contribution is 7.89. The SMILES string of the molecule is CCNS(=O)(=O)c1ccc(CCC(=O)N(Cc2ccccc2)C(C(=O)NCCc2ccc(OC)c(OC)c2)c2ccccc2)cc1. The number of carbonyl (C=O) groups is 2. The maximum atomic E-state index is 14.0. The van der Waals surface area contributed by atoms with Gasteiger partial charge in [-0.25, -0.2) is 13.1 Å². The van der Waals surface area contributed by atoms with Crippen LogP contribution in [0.1, 0.15) is 41.6 Å². The van der Waals surface area contributed by atoms with Crippen LogP contribution in [0.2, 0.25) is 0 Å². The summed E-state index contributed by atoms with van der Waals surface area (Å²) in [5, 5.41) is 3.05.